The molecule has 0 fully saturated rings. The standard InChI is InChI=1S/C15H12F3NO6S/c1-24-9-4-3-7(5-10(9)25-2)19-26(22,23)11-6-8(15(20)21)12(16)14(18)13(11)17/h3-6,19H,1-2H3,(H,20,21). The molecule has 0 radical (unpaired) electrons. The van der Waals surface area contributed by atoms with Gasteiger partial charge >= 0.3 is 5.97 Å². The molecular weight excluding hydrogens is 379 g/mol. The van der Waals surface area contributed by atoms with Gasteiger partial charge < -0.3 is 14.6 Å². The van der Waals surface area contributed by atoms with Crippen LogP contribution in [0.2, 0.25) is 0 Å². The van der Waals surface area contributed by atoms with Gasteiger partial charge in [0.1, 0.15) is 4.90 Å². The van der Waals surface area contributed by atoms with E-state index in [0.717, 1.165) is 0 Å². The maximum absolute atomic E-state index is 13.9. The Hall–Kier alpha value is -2.95. The van der Waals surface area contributed by atoms with Gasteiger partial charge in [-0.1, -0.05) is 0 Å². The Morgan fingerprint density at radius 2 is 1.62 bits per heavy atom. The van der Waals surface area contributed by atoms with Crippen molar-refractivity contribution in [2.75, 3.05) is 18.9 Å². The van der Waals surface area contributed by atoms with Crippen LogP contribution in [0.4, 0.5) is 18.9 Å². The van der Waals surface area contributed by atoms with Gasteiger partial charge in [-0.05, 0) is 18.2 Å². The van der Waals surface area contributed by atoms with Gasteiger partial charge in [0, 0.05) is 6.07 Å². The van der Waals surface area contributed by atoms with Crippen molar-refractivity contribution in [3.8, 4) is 11.5 Å². The first-order chi connectivity index (χ1) is 12.1. The van der Waals surface area contributed by atoms with Crippen molar-refractivity contribution >= 4 is 21.7 Å². The van der Waals surface area contributed by atoms with E-state index in [4.69, 9.17) is 14.6 Å². The Morgan fingerprint density at radius 1 is 1.00 bits per heavy atom. The Bertz CT molecular complexity index is 978. The summed E-state index contributed by atoms with van der Waals surface area (Å²) in [7, 11) is -2.13. The predicted molar refractivity (Wildman–Crippen MR) is 83.6 cm³/mol. The van der Waals surface area contributed by atoms with Crippen LogP contribution in [-0.4, -0.2) is 33.7 Å². The van der Waals surface area contributed by atoms with E-state index in [1.807, 2.05) is 4.72 Å². The molecule has 0 saturated heterocycles. The Labute approximate surface area is 146 Å². The summed E-state index contributed by atoms with van der Waals surface area (Å²) in [6.07, 6.45) is 0. The Balaban J connectivity index is 2.53. The molecule has 0 amide bonds. The van der Waals surface area contributed by atoms with Crippen LogP contribution in [0.5, 0.6) is 11.5 Å². The van der Waals surface area contributed by atoms with Crippen LogP contribution in [0.1, 0.15) is 10.4 Å². The molecule has 0 aliphatic rings. The fraction of sp³-hybridized carbons (Fsp3) is 0.133. The summed E-state index contributed by atoms with van der Waals surface area (Å²) in [5, 5.41) is 8.81. The number of carbonyl (C=O) groups is 1. The summed E-state index contributed by atoms with van der Waals surface area (Å²) in [5.74, 6) is -7.78. The van der Waals surface area contributed by atoms with E-state index in [0.29, 0.717) is 0 Å². The molecule has 2 N–H and O–H groups in total. The third-order valence-electron chi connectivity index (χ3n) is 3.27. The highest BCUT2D eigenvalue weighted by Crippen LogP contribution is 2.31. The number of methoxy groups -OCH3 is 2. The molecule has 0 heterocycles. The number of aromatic carboxylic acids is 1. The van der Waals surface area contributed by atoms with Crippen LogP contribution < -0.4 is 14.2 Å². The molecule has 11 heteroatoms. The van der Waals surface area contributed by atoms with Crippen molar-refractivity contribution in [3.63, 3.8) is 0 Å². The number of carboxylic acids is 1. The maximum atomic E-state index is 13.9. The molecule has 0 aliphatic carbocycles. The molecule has 2 aromatic carbocycles. The molecule has 0 bridgehead atoms. The number of carboxylic acid groups (broad SMARTS) is 1. The highest BCUT2D eigenvalue weighted by Gasteiger charge is 2.29. The van der Waals surface area contributed by atoms with Crippen molar-refractivity contribution in [1.82, 2.24) is 0 Å². The lowest BCUT2D eigenvalue weighted by Gasteiger charge is -2.13. The summed E-state index contributed by atoms with van der Waals surface area (Å²) >= 11 is 0. The molecule has 2 rings (SSSR count). The van der Waals surface area contributed by atoms with Crippen LogP contribution in [-0.2, 0) is 10.0 Å². The molecule has 0 aromatic heterocycles. The van der Waals surface area contributed by atoms with E-state index >= 15 is 0 Å². The van der Waals surface area contributed by atoms with Crippen molar-refractivity contribution < 1.29 is 41.0 Å². The molecule has 0 saturated carbocycles. The predicted octanol–water partition coefficient (Wildman–Crippen LogP) is 2.62. The van der Waals surface area contributed by atoms with Gasteiger partial charge in [0.25, 0.3) is 10.0 Å². The van der Waals surface area contributed by atoms with Gasteiger partial charge in [0.15, 0.2) is 29.0 Å². The lowest BCUT2D eigenvalue weighted by atomic mass is 10.2. The lowest BCUT2D eigenvalue weighted by Crippen LogP contribution is -2.18. The molecule has 0 spiro atoms. The number of nitrogens with one attached hydrogen (secondary N) is 1. The minimum atomic E-state index is -4.78. The topological polar surface area (TPSA) is 102 Å². The minimum absolute atomic E-state index is 0.108. The highest BCUT2D eigenvalue weighted by atomic mass is 32.2. The molecular formula is C15H12F3NO6S. The lowest BCUT2D eigenvalue weighted by molar-refractivity contribution is 0.0690. The molecule has 0 aliphatic heterocycles. The summed E-state index contributed by atoms with van der Waals surface area (Å²) in [6, 6.07) is 3.99. The van der Waals surface area contributed by atoms with Gasteiger partial charge in [-0.2, -0.15) is 0 Å². The minimum Gasteiger partial charge on any atom is -0.493 e. The zero-order valence-corrected chi connectivity index (χ0v) is 14.2. The monoisotopic (exact) mass is 391 g/mol. The van der Waals surface area contributed by atoms with E-state index in [9.17, 15) is 26.4 Å². The van der Waals surface area contributed by atoms with Gasteiger partial charge in [-0.15, -0.1) is 0 Å². The molecule has 2 aromatic rings. The number of hydrogen-bond acceptors (Lipinski definition) is 5. The van der Waals surface area contributed by atoms with E-state index < -0.39 is 43.9 Å². The van der Waals surface area contributed by atoms with Gasteiger partial charge in [-0.3, -0.25) is 4.72 Å². The molecule has 0 atom stereocenters. The first-order valence-corrected chi connectivity index (χ1v) is 8.26. The third kappa shape index (κ3) is 3.52. The second-order valence-corrected chi connectivity index (χ2v) is 6.50. The summed E-state index contributed by atoms with van der Waals surface area (Å²) in [6.45, 7) is 0. The van der Waals surface area contributed by atoms with Crippen molar-refractivity contribution in [2.45, 2.75) is 4.90 Å². The number of anilines is 1. The normalized spacial score (nSPS) is 11.1. The zero-order valence-electron chi connectivity index (χ0n) is 13.3. The van der Waals surface area contributed by atoms with Crippen LogP contribution in [0.3, 0.4) is 0 Å². The smallest absolute Gasteiger partial charge is 0.338 e. The summed E-state index contributed by atoms with van der Waals surface area (Å²) in [5.41, 5.74) is -1.43. The van der Waals surface area contributed by atoms with E-state index in [2.05, 4.69) is 0 Å². The Morgan fingerprint density at radius 3 is 2.15 bits per heavy atom. The van der Waals surface area contributed by atoms with Crippen LogP contribution in [0.15, 0.2) is 29.2 Å². The third-order valence-corrected chi connectivity index (χ3v) is 4.65. The second-order valence-electron chi connectivity index (χ2n) is 4.84. The number of sulfonamides is 1. The van der Waals surface area contributed by atoms with E-state index in [-0.39, 0.29) is 23.3 Å². The average molecular weight is 391 g/mol. The van der Waals surface area contributed by atoms with Gasteiger partial charge in [0.2, 0.25) is 0 Å². The molecule has 0 unspecified atom stereocenters. The van der Waals surface area contributed by atoms with Crippen molar-refractivity contribution in [1.29, 1.82) is 0 Å². The quantitative estimate of drug-likeness (QED) is 0.734. The number of halogens is 3. The first kappa shape index (κ1) is 19.4. The fourth-order valence-corrected chi connectivity index (χ4v) is 3.19. The highest BCUT2D eigenvalue weighted by molar-refractivity contribution is 7.92. The van der Waals surface area contributed by atoms with Crippen molar-refractivity contribution in [3.05, 3.63) is 47.3 Å². The Kier molecular flexibility index (Phi) is 5.30. The van der Waals surface area contributed by atoms with Crippen molar-refractivity contribution in [2.24, 2.45) is 0 Å². The fourth-order valence-electron chi connectivity index (χ4n) is 2.04. The van der Waals surface area contributed by atoms with Crippen LogP contribution >= 0.6 is 0 Å². The second kappa shape index (κ2) is 7.12. The van der Waals surface area contributed by atoms with Crippen LogP contribution in [0.25, 0.3) is 0 Å². The van der Waals surface area contributed by atoms with E-state index in [1.54, 1.807) is 0 Å². The average Bonchev–Trinajstić information content (AvgIpc) is 2.58. The SMILES string of the molecule is COc1ccc(NS(=O)(=O)c2cc(C(=O)O)c(F)c(F)c2F)cc1OC. The maximum Gasteiger partial charge on any atom is 0.338 e. The first-order valence-electron chi connectivity index (χ1n) is 6.78. The zero-order chi connectivity index (χ0) is 19.6. The number of ether oxygens (including phenoxy) is 2. The largest absolute Gasteiger partial charge is 0.493 e. The van der Waals surface area contributed by atoms with Gasteiger partial charge in [0.05, 0.1) is 25.5 Å². The summed E-state index contributed by atoms with van der Waals surface area (Å²) in [4.78, 5) is 9.54. The van der Waals surface area contributed by atoms with Gasteiger partial charge in [-0.25, -0.2) is 26.4 Å². The molecule has 7 nitrogen and oxygen atoms in total. The number of benzene rings is 2. The number of hydrogen-bond donors (Lipinski definition) is 2. The van der Waals surface area contributed by atoms with E-state index in [1.165, 1.54) is 32.4 Å². The molecule has 26 heavy (non-hydrogen) atoms. The number of rotatable bonds is 6. The van der Waals surface area contributed by atoms with Crippen LogP contribution in [0, 0.1) is 17.5 Å². The molecule has 140 valence electrons. The summed E-state index contributed by atoms with van der Waals surface area (Å²) < 4.78 is 77.4.